The number of para-hydroxylation sites is 2. The second-order valence-electron chi connectivity index (χ2n) is 5.97. The number of carbonyl (C=O) groups is 1. The standard InChI is InChI=1S/C21H16BrN3OS/c22-19-11-10-15(27-19)12-16(20-24-17-8-4-5-9-18(17)25-20)21(26)23-13-14-6-2-1-3-7-14/h1-12H,13H2,(H,23,26)(H,24,25)/b16-12+. The molecule has 0 aliphatic carbocycles. The second kappa shape index (κ2) is 7.90. The summed E-state index contributed by atoms with van der Waals surface area (Å²) in [7, 11) is 0. The van der Waals surface area contributed by atoms with Crippen molar-refractivity contribution in [3.63, 3.8) is 0 Å². The Balaban J connectivity index is 1.67. The van der Waals surface area contributed by atoms with Crippen molar-refractivity contribution >= 4 is 55.9 Å². The Bertz CT molecular complexity index is 1080. The van der Waals surface area contributed by atoms with E-state index in [2.05, 4.69) is 31.2 Å². The number of benzene rings is 2. The zero-order valence-corrected chi connectivity index (χ0v) is 16.7. The molecule has 6 heteroatoms. The van der Waals surface area contributed by atoms with Gasteiger partial charge < -0.3 is 10.3 Å². The van der Waals surface area contributed by atoms with Crippen molar-refractivity contribution in [3.8, 4) is 0 Å². The van der Waals surface area contributed by atoms with Gasteiger partial charge in [0.25, 0.3) is 5.91 Å². The summed E-state index contributed by atoms with van der Waals surface area (Å²) in [5.74, 6) is 0.397. The van der Waals surface area contributed by atoms with Crippen molar-refractivity contribution < 1.29 is 4.79 Å². The molecule has 0 unspecified atom stereocenters. The molecular formula is C21H16BrN3OS. The van der Waals surface area contributed by atoms with Crippen LogP contribution in [0.1, 0.15) is 16.3 Å². The van der Waals surface area contributed by atoms with Gasteiger partial charge in [0.2, 0.25) is 0 Å². The van der Waals surface area contributed by atoms with E-state index in [0.29, 0.717) is 17.9 Å². The van der Waals surface area contributed by atoms with Crippen molar-refractivity contribution in [2.45, 2.75) is 6.54 Å². The molecule has 4 rings (SSSR count). The Morgan fingerprint density at radius 2 is 1.85 bits per heavy atom. The molecule has 134 valence electrons. The van der Waals surface area contributed by atoms with Gasteiger partial charge in [0.1, 0.15) is 5.82 Å². The lowest BCUT2D eigenvalue weighted by Gasteiger charge is -2.07. The highest BCUT2D eigenvalue weighted by molar-refractivity contribution is 9.11. The van der Waals surface area contributed by atoms with Gasteiger partial charge in [0.15, 0.2) is 0 Å². The Labute approximate surface area is 169 Å². The maximum absolute atomic E-state index is 13.0. The van der Waals surface area contributed by atoms with Gasteiger partial charge in [0, 0.05) is 11.4 Å². The van der Waals surface area contributed by atoms with Crippen LogP contribution < -0.4 is 5.32 Å². The molecule has 0 saturated heterocycles. The molecule has 4 aromatic rings. The number of hydrogen-bond acceptors (Lipinski definition) is 3. The number of aromatic nitrogens is 2. The predicted octanol–water partition coefficient (Wildman–Crippen LogP) is 5.24. The molecule has 0 atom stereocenters. The van der Waals surface area contributed by atoms with E-state index in [4.69, 9.17) is 0 Å². The van der Waals surface area contributed by atoms with E-state index in [-0.39, 0.29) is 5.91 Å². The highest BCUT2D eigenvalue weighted by Gasteiger charge is 2.16. The van der Waals surface area contributed by atoms with E-state index in [0.717, 1.165) is 25.3 Å². The average molecular weight is 438 g/mol. The maximum atomic E-state index is 13.0. The van der Waals surface area contributed by atoms with Crippen molar-refractivity contribution in [3.05, 3.63) is 86.8 Å². The van der Waals surface area contributed by atoms with Gasteiger partial charge >= 0.3 is 0 Å². The summed E-state index contributed by atoms with van der Waals surface area (Å²) in [6.45, 7) is 0.464. The van der Waals surface area contributed by atoms with E-state index in [9.17, 15) is 4.79 Å². The molecule has 0 aliphatic rings. The number of nitrogens with one attached hydrogen (secondary N) is 2. The summed E-state index contributed by atoms with van der Waals surface area (Å²) in [6.07, 6.45) is 1.87. The van der Waals surface area contributed by atoms with Crippen molar-refractivity contribution in [1.29, 1.82) is 0 Å². The highest BCUT2D eigenvalue weighted by atomic mass is 79.9. The molecule has 2 N–H and O–H groups in total. The van der Waals surface area contributed by atoms with Crippen LogP contribution in [0.3, 0.4) is 0 Å². The maximum Gasteiger partial charge on any atom is 0.255 e. The third-order valence-electron chi connectivity index (χ3n) is 4.07. The fourth-order valence-corrected chi connectivity index (χ4v) is 4.11. The Morgan fingerprint density at radius 3 is 2.59 bits per heavy atom. The predicted molar refractivity (Wildman–Crippen MR) is 114 cm³/mol. The van der Waals surface area contributed by atoms with Gasteiger partial charge in [-0.3, -0.25) is 4.79 Å². The molecule has 0 aliphatic heterocycles. The number of imidazole rings is 1. The summed E-state index contributed by atoms with van der Waals surface area (Å²) in [6, 6.07) is 21.5. The highest BCUT2D eigenvalue weighted by Crippen LogP contribution is 2.27. The summed E-state index contributed by atoms with van der Waals surface area (Å²) in [5.41, 5.74) is 3.30. The quantitative estimate of drug-likeness (QED) is 0.419. The molecule has 0 radical (unpaired) electrons. The third kappa shape index (κ3) is 4.18. The molecule has 0 fully saturated rings. The molecule has 2 heterocycles. The van der Waals surface area contributed by atoms with E-state index in [1.807, 2.05) is 72.8 Å². The largest absolute Gasteiger partial charge is 0.348 e. The average Bonchev–Trinajstić information content (AvgIpc) is 3.30. The minimum absolute atomic E-state index is 0.164. The van der Waals surface area contributed by atoms with Crippen molar-refractivity contribution in [2.24, 2.45) is 0 Å². The lowest BCUT2D eigenvalue weighted by molar-refractivity contribution is -0.115. The first-order chi connectivity index (χ1) is 13.2. The van der Waals surface area contributed by atoms with Crippen LogP contribution in [0.5, 0.6) is 0 Å². The minimum Gasteiger partial charge on any atom is -0.348 e. The van der Waals surface area contributed by atoms with E-state index in [1.165, 1.54) is 0 Å². The van der Waals surface area contributed by atoms with Gasteiger partial charge in [-0.05, 0) is 51.8 Å². The molecule has 2 aromatic heterocycles. The Hall–Kier alpha value is -2.70. The summed E-state index contributed by atoms with van der Waals surface area (Å²) < 4.78 is 1.02. The first kappa shape index (κ1) is 17.7. The summed E-state index contributed by atoms with van der Waals surface area (Å²) >= 11 is 5.04. The minimum atomic E-state index is -0.164. The van der Waals surface area contributed by atoms with Gasteiger partial charge in [-0.25, -0.2) is 4.98 Å². The molecule has 2 aromatic carbocycles. The second-order valence-corrected chi connectivity index (χ2v) is 8.47. The van der Waals surface area contributed by atoms with Gasteiger partial charge in [0.05, 0.1) is 20.4 Å². The first-order valence-electron chi connectivity index (χ1n) is 8.43. The van der Waals surface area contributed by atoms with E-state index >= 15 is 0 Å². The summed E-state index contributed by atoms with van der Waals surface area (Å²) in [5, 5.41) is 2.99. The smallest absolute Gasteiger partial charge is 0.255 e. The van der Waals surface area contributed by atoms with Crippen LogP contribution in [0, 0.1) is 0 Å². The van der Waals surface area contributed by atoms with Crippen LogP contribution in [0.25, 0.3) is 22.7 Å². The zero-order chi connectivity index (χ0) is 18.6. The van der Waals surface area contributed by atoms with Crippen molar-refractivity contribution in [2.75, 3.05) is 0 Å². The molecular weight excluding hydrogens is 422 g/mol. The monoisotopic (exact) mass is 437 g/mol. The lowest BCUT2D eigenvalue weighted by atomic mass is 10.2. The van der Waals surface area contributed by atoms with Crippen LogP contribution in [-0.2, 0) is 11.3 Å². The van der Waals surface area contributed by atoms with E-state index in [1.54, 1.807) is 11.3 Å². The van der Waals surface area contributed by atoms with Crippen LogP contribution in [0.4, 0.5) is 0 Å². The summed E-state index contributed by atoms with van der Waals surface area (Å²) in [4.78, 5) is 21.8. The molecule has 1 amide bonds. The molecule has 0 saturated carbocycles. The molecule has 4 nitrogen and oxygen atoms in total. The molecule has 0 bridgehead atoms. The number of carbonyl (C=O) groups excluding carboxylic acids is 1. The van der Waals surface area contributed by atoms with Crippen LogP contribution >= 0.6 is 27.3 Å². The Kier molecular flexibility index (Phi) is 5.18. The number of thiophene rings is 1. The van der Waals surface area contributed by atoms with Gasteiger partial charge in [-0.15, -0.1) is 11.3 Å². The number of amides is 1. The first-order valence-corrected chi connectivity index (χ1v) is 10.0. The number of aromatic amines is 1. The SMILES string of the molecule is O=C(NCc1ccccc1)/C(=C/c1ccc(Br)s1)c1nc2ccccc2[nH]1. The topological polar surface area (TPSA) is 57.8 Å². The lowest BCUT2D eigenvalue weighted by Crippen LogP contribution is -2.24. The number of rotatable bonds is 5. The fraction of sp³-hybridized carbons (Fsp3) is 0.0476. The number of fused-ring (bicyclic) bond motifs is 1. The van der Waals surface area contributed by atoms with Crippen LogP contribution in [0.15, 0.2) is 70.5 Å². The zero-order valence-electron chi connectivity index (χ0n) is 14.3. The molecule has 27 heavy (non-hydrogen) atoms. The van der Waals surface area contributed by atoms with E-state index < -0.39 is 0 Å². The van der Waals surface area contributed by atoms with Gasteiger partial charge in [-0.2, -0.15) is 0 Å². The van der Waals surface area contributed by atoms with Crippen LogP contribution in [-0.4, -0.2) is 15.9 Å². The van der Waals surface area contributed by atoms with Crippen molar-refractivity contribution in [1.82, 2.24) is 15.3 Å². The number of halogens is 1. The van der Waals surface area contributed by atoms with Crippen LogP contribution in [0.2, 0.25) is 0 Å². The Morgan fingerprint density at radius 1 is 1.07 bits per heavy atom. The third-order valence-corrected chi connectivity index (χ3v) is 5.64. The number of H-pyrrole nitrogens is 1. The normalized spacial score (nSPS) is 11.7. The fourth-order valence-electron chi connectivity index (χ4n) is 2.74. The number of hydrogen-bond donors (Lipinski definition) is 2. The molecule has 0 spiro atoms. The number of nitrogens with zero attached hydrogens (tertiary/aromatic N) is 1. The van der Waals surface area contributed by atoms with Gasteiger partial charge in [-0.1, -0.05) is 42.5 Å².